The van der Waals surface area contributed by atoms with Crippen molar-refractivity contribution in [1.29, 1.82) is 0 Å². The van der Waals surface area contributed by atoms with E-state index in [4.69, 9.17) is 5.11 Å². The van der Waals surface area contributed by atoms with E-state index in [0.29, 0.717) is 19.5 Å². The van der Waals surface area contributed by atoms with Gasteiger partial charge >= 0.3 is 5.97 Å². The third kappa shape index (κ3) is 6.93. The minimum Gasteiger partial charge on any atom is -1.00 e. The van der Waals surface area contributed by atoms with Gasteiger partial charge in [0, 0.05) is 6.42 Å². The van der Waals surface area contributed by atoms with Crippen LogP contribution in [0.1, 0.15) is 6.42 Å². The maximum Gasteiger partial charge on any atom is 0.362 e. The number of hydrogen-bond donors (Lipinski definition) is 2. The minimum absolute atomic E-state index is 0. The van der Waals surface area contributed by atoms with Gasteiger partial charge in [0.1, 0.15) is 0 Å². The molecule has 1 unspecified atom stereocenters. The van der Waals surface area contributed by atoms with E-state index in [1.165, 1.54) is 0 Å². The second kappa shape index (κ2) is 11.0. The van der Waals surface area contributed by atoms with Gasteiger partial charge in [-0.15, -0.1) is 0 Å². The summed E-state index contributed by atoms with van der Waals surface area (Å²) >= 11 is 1.67. The van der Waals surface area contributed by atoms with Gasteiger partial charge in [-0.3, -0.25) is 0 Å². The summed E-state index contributed by atoms with van der Waals surface area (Å²) in [6.45, 7) is 8.63. The molecule has 2 N–H and O–H groups in total. The van der Waals surface area contributed by atoms with Gasteiger partial charge in [0.25, 0.3) is 0 Å². The zero-order valence-electron chi connectivity index (χ0n) is 9.62. The molecule has 0 amide bonds. The maximum absolute atomic E-state index is 11.1. The largest absolute Gasteiger partial charge is 1.00 e. The van der Waals surface area contributed by atoms with Crippen molar-refractivity contribution in [3.8, 4) is 0 Å². The van der Waals surface area contributed by atoms with Crippen molar-refractivity contribution in [1.82, 2.24) is 0 Å². The van der Waals surface area contributed by atoms with Gasteiger partial charge in [0.2, 0.25) is 0 Å². The molecule has 0 aromatic carbocycles. The van der Waals surface area contributed by atoms with Crippen molar-refractivity contribution in [2.24, 2.45) is 0 Å². The number of aliphatic carboxylic acids is 1. The Morgan fingerprint density at radius 3 is 2.25 bits per heavy atom. The number of carboxylic acid groups (broad SMARTS) is 1. The molecule has 0 aliphatic rings. The van der Waals surface area contributed by atoms with Crippen LogP contribution in [-0.2, 0) is 4.79 Å². The zero-order valence-corrected chi connectivity index (χ0v) is 11.2. The Balaban J connectivity index is 0. The fraction of sp³-hybridized carbons (Fsp3) is 0.545. The molecule has 0 heterocycles. The van der Waals surface area contributed by atoms with Crippen LogP contribution in [0.3, 0.4) is 0 Å². The summed E-state index contributed by atoms with van der Waals surface area (Å²) in [7, 11) is 0. The first-order valence-electron chi connectivity index (χ1n) is 4.95. The van der Waals surface area contributed by atoms with Crippen LogP contribution in [0.15, 0.2) is 25.3 Å². The van der Waals surface area contributed by atoms with Gasteiger partial charge in [-0.1, -0.05) is 13.2 Å². The van der Waals surface area contributed by atoms with E-state index in [0.717, 1.165) is 10.7 Å². The molecular weight excluding hydrogens is 246 g/mol. The number of carbonyl (C=O) groups is 1. The molecule has 0 bridgehead atoms. The first-order valence-corrected chi connectivity index (χ1v) is 6.34. The zero-order chi connectivity index (χ0) is 11.7. The highest BCUT2D eigenvalue weighted by Crippen LogP contribution is 1.98. The van der Waals surface area contributed by atoms with Gasteiger partial charge in [-0.25, -0.2) is 4.79 Å². The number of thioether (sulfide) groups is 1. The van der Waals surface area contributed by atoms with Crippen molar-refractivity contribution >= 4 is 17.7 Å². The van der Waals surface area contributed by atoms with Gasteiger partial charge < -0.3 is 22.4 Å². The van der Waals surface area contributed by atoms with Gasteiger partial charge in [-0.2, -0.15) is 11.8 Å². The molecule has 3 nitrogen and oxygen atoms in total. The molecule has 1 atom stereocenters. The highest BCUT2D eigenvalue weighted by atomic mass is 35.5. The smallest absolute Gasteiger partial charge is 0.362 e. The normalized spacial score (nSPS) is 11.6. The molecule has 0 fully saturated rings. The summed E-state index contributed by atoms with van der Waals surface area (Å²) in [6.07, 6.45) is 6.19. The van der Waals surface area contributed by atoms with Crippen LogP contribution >= 0.6 is 11.8 Å². The molecule has 0 aromatic rings. The summed E-state index contributed by atoms with van der Waals surface area (Å²) in [5.41, 5.74) is 0. The minimum atomic E-state index is -0.734. The Kier molecular flexibility index (Phi) is 12.4. The monoisotopic (exact) mass is 265 g/mol. The van der Waals surface area contributed by atoms with Crippen molar-refractivity contribution in [2.75, 3.05) is 25.1 Å². The molecule has 0 rings (SSSR count). The average molecular weight is 266 g/mol. The standard InChI is InChI=1S/C11H19NO2S.ClH/c1-4-7-12(8-5-2)10(11(13)14)6-9-15-3;/h4-5,10H,1-2,6-9H2,3H3,(H,13,14);1H. The molecule has 0 aliphatic heterocycles. The summed E-state index contributed by atoms with van der Waals surface area (Å²) in [6, 6.07) is -0.353. The highest BCUT2D eigenvalue weighted by Gasteiger charge is 2.26. The summed E-state index contributed by atoms with van der Waals surface area (Å²) in [5, 5.41) is 9.12. The molecule has 5 heteroatoms. The third-order valence-electron chi connectivity index (χ3n) is 2.21. The number of hydrogen-bond acceptors (Lipinski definition) is 2. The van der Waals surface area contributed by atoms with E-state index in [-0.39, 0.29) is 18.4 Å². The topological polar surface area (TPSA) is 41.7 Å². The summed E-state index contributed by atoms with van der Waals surface area (Å²) in [4.78, 5) is 12.1. The van der Waals surface area contributed by atoms with Crippen LogP contribution in [0.25, 0.3) is 0 Å². The summed E-state index contributed by atoms with van der Waals surface area (Å²) in [5.74, 6) is 0.136. The lowest BCUT2D eigenvalue weighted by Gasteiger charge is -2.23. The number of rotatable bonds is 9. The van der Waals surface area contributed by atoms with Crippen LogP contribution in [0, 0.1) is 0 Å². The van der Waals surface area contributed by atoms with E-state index in [1.807, 2.05) is 6.26 Å². The highest BCUT2D eigenvalue weighted by molar-refractivity contribution is 7.98. The fourth-order valence-electron chi connectivity index (χ4n) is 1.48. The van der Waals surface area contributed by atoms with Crippen LogP contribution in [-0.4, -0.2) is 42.2 Å². The van der Waals surface area contributed by atoms with Crippen LogP contribution in [0.5, 0.6) is 0 Å². The Morgan fingerprint density at radius 2 is 1.94 bits per heavy atom. The van der Waals surface area contributed by atoms with Crippen molar-refractivity contribution in [3.63, 3.8) is 0 Å². The molecule has 94 valence electrons. The van der Waals surface area contributed by atoms with Crippen molar-refractivity contribution in [3.05, 3.63) is 25.3 Å². The predicted molar refractivity (Wildman–Crippen MR) is 65.5 cm³/mol. The van der Waals surface area contributed by atoms with E-state index < -0.39 is 5.97 Å². The first kappa shape index (κ1) is 17.9. The third-order valence-corrected chi connectivity index (χ3v) is 2.86. The molecule has 0 saturated carbocycles. The molecular formula is C11H20ClNO2S. The van der Waals surface area contributed by atoms with E-state index in [9.17, 15) is 4.79 Å². The summed E-state index contributed by atoms with van der Waals surface area (Å²) < 4.78 is 0. The van der Waals surface area contributed by atoms with Gasteiger partial charge in [-0.05, 0) is 24.2 Å². The van der Waals surface area contributed by atoms with Gasteiger partial charge in [0.15, 0.2) is 6.04 Å². The maximum atomic E-state index is 11.1. The van der Waals surface area contributed by atoms with Gasteiger partial charge in [0.05, 0.1) is 13.1 Å². The van der Waals surface area contributed by atoms with Crippen LogP contribution < -0.4 is 17.3 Å². The number of quaternary nitrogens is 1. The second-order valence-electron chi connectivity index (χ2n) is 3.32. The Morgan fingerprint density at radius 1 is 1.44 bits per heavy atom. The Labute approximate surface area is 108 Å². The van der Waals surface area contributed by atoms with E-state index in [1.54, 1.807) is 23.9 Å². The first-order chi connectivity index (χ1) is 7.17. The molecule has 16 heavy (non-hydrogen) atoms. The lowest BCUT2D eigenvalue weighted by atomic mass is 10.2. The fourth-order valence-corrected chi connectivity index (χ4v) is 1.95. The quantitative estimate of drug-likeness (QED) is 0.452. The van der Waals surface area contributed by atoms with Crippen LogP contribution in [0.4, 0.5) is 0 Å². The van der Waals surface area contributed by atoms with E-state index in [2.05, 4.69) is 13.2 Å². The Hall–Kier alpha value is -0.450. The number of carboxylic acids is 1. The Bertz CT molecular complexity index is 214. The molecule has 0 radical (unpaired) electrons. The molecule has 0 aromatic heterocycles. The lowest BCUT2D eigenvalue weighted by Crippen LogP contribution is -3.16. The second-order valence-corrected chi connectivity index (χ2v) is 4.30. The molecule has 0 saturated heterocycles. The average Bonchev–Trinajstić information content (AvgIpc) is 2.18. The number of halogens is 1. The SMILES string of the molecule is C=CC[NH+](CC=C)C(CCSC)C(=O)O.[Cl-]. The lowest BCUT2D eigenvalue weighted by molar-refractivity contribution is -0.905. The predicted octanol–water partition coefficient (Wildman–Crippen LogP) is -2.55. The van der Waals surface area contributed by atoms with E-state index >= 15 is 0 Å². The van der Waals surface area contributed by atoms with Crippen molar-refractivity contribution in [2.45, 2.75) is 12.5 Å². The van der Waals surface area contributed by atoms with Crippen LogP contribution in [0.2, 0.25) is 0 Å². The molecule has 0 aliphatic carbocycles. The molecule has 0 spiro atoms. The number of nitrogens with one attached hydrogen (secondary N) is 1. The van der Waals surface area contributed by atoms with Crippen molar-refractivity contribution < 1.29 is 27.2 Å².